The topological polar surface area (TPSA) is 76.3 Å². The molecule has 1 aliphatic heterocycles. The smallest absolute Gasteiger partial charge is 0.154 e. The maximum Gasteiger partial charge on any atom is 0.154 e. The maximum absolute atomic E-state index is 11.8. The number of fused-ring (bicyclic) bond motifs is 1. The third-order valence-corrected chi connectivity index (χ3v) is 6.31. The van der Waals surface area contributed by atoms with Crippen molar-refractivity contribution in [2.45, 2.75) is 45.2 Å². The number of nitrogens with zero attached hydrogens (tertiary/aromatic N) is 2. The van der Waals surface area contributed by atoms with Crippen molar-refractivity contribution in [3.05, 3.63) is 22.9 Å². The van der Waals surface area contributed by atoms with E-state index in [0.29, 0.717) is 13.1 Å². The van der Waals surface area contributed by atoms with Gasteiger partial charge in [-0.3, -0.25) is 0 Å². The summed E-state index contributed by atoms with van der Waals surface area (Å²) in [7, 11) is -2.91. The van der Waals surface area contributed by atoms with Gasteiger partial charge in [0.1, 0.15) is 5.82 Å². The number of pyridine rings is 1. The quantitative estimate of drug-likeness (QED) is 0.883. The Balaban J connectivity index is 1.97. The minimum atomic E-state index is -2.91. The van der Waals surface area contributed by atoms with Crippen LogP contribution in [-0.2, 0) is 29.2 Å². The van der Waals surface area contributed by atoms with Gasteiger partial charge in [0, 0.05) is 30.4 Å². The SMILES string of the molecule is CC1CS(=O)(=O)CCN1c1nc2c(cc1CN)CCCC2. The molecular weight excluding hydrogens is 286 g/mol. The largest absolute Gasteiger partial charge is 0.352 e. The summed E-state index contributed by atoms with van der Waals surface area (Å²) in [5.41, 5.74) is 9.44. The Morgan fingerprint density at radius 3 is 2.86 bits per heavy atom. The fourth-order valence-corrected chi connectivity index (χ4v) is 4.94. The molecule has 1 saturated heterocycles. The number of nitrogens with two attached hydrogens (primary N) is 1. The fourth-order valence-electron chi connectivity index (χ4n) is 3.38. The molecule has 3 rings (SSSR count). The van der Waals surface area contributed by atoms with Crippen LogP contribution in [0.25, 0.3) is 0 Å². The predicted octanol–water partition coefficient (Wildman–Crippen LogP) is 1.04. The Bertz CT molecular complexity index is 643. The Morgan fingerprint density at radius 1 is 1.38 bits per heavy atom. The van der Waals surface area contributed by atoms with E-state index in [2.05, 4.69) is 11.0 Å². The van der Waals surface area contributed by atoms with Gasteiger partial charge in [0.15, 0.2) is 9.84 Å². The Labute approximate surface area is 126 Å². The lowest BCUT2D eigenvalue weighted by Gasteiger charge is -2.36. The molecule has 0 amide bonds. The first-order chi connectivity index (χ1) is 10.00. The summed E-state index contributed by atoms with van der Waals surface area (Å²) in [6.07, 6.45) is 4.51. The molecule has 0 aromatic carbocycles. The predicted molar refractivity (Wildman–Crippen MR) is 84.2 cm³/mol. The van der Waals surface area contributed by atoms with Crippen molar-refractivity contribution >= 4 is 15.7 Å². The zero-order chi connectivity index (χ0) is 15.0. The molecule has 2 aliphatic rings. The van der Waals surface area contributed by atoms with Crippen molar-refractivity contribution in [2.75, 3.05) is 23.0 Å². The summed E-state index contributed by atoms with van der Waals surface area (Å²) in [6.45, 7) is 2.92. The van der Waals surface area contributed by atoms with Gasteiger partial charge in [-0.1, -0.05) is 0 Å². The molecule has 1 unspecified atom stereocenters. The lowest BCUT2D eigenvalue weighted by molar-refractivity contribution is 0.565. The number of sulfone groups is 1. The summed E-state index contributed by atoms with van der Waals surface area (Å²) in [5.74, 6) is 1.32. The van der Waals surface area contributed by atoms with Crippen LogP contribution in [0.3, 0.4) is 0 Å². The molecular formula is C15H23N3O2S. The van der Waals surface area contributed by atoms with Crippen LogP contribution in [0.4, 0.5) is 5.82 Å². The molecule has 0 spiro atoms. The van der Waals surface area contributed by atoms with Crippen LogP contribution in [0.1, 0.15) is 36.6 Å². The molecule has 1 aromatic rings. The van der Waals surface area contributed by atoms with Crippen LogP contribution in [0, 0.1) is 0 Å². The second-order valence-electron chi connectivity index (χ2n) is 6.14. The maximum atomic E-state index is 11.8. The van der Waals surface area contributed by atoms with Gasteiger partial charge in [0.25, 0.3) is 0 Å². The highest BCUT2D eigenvalue weighted by molar-refractivity contribution is 7.91. The zero-order valence-corrected chi connectivity index (χ0v) is 13.3. The van der Waals surface area contributed by atoms with Crippen LogP contribution < -0.4 is 10.6 Å². The number of rotatable bonds is 2. The lowest BCUT2D eigenvalue weighted by Crippen LogP contribution is -2.48. The highest BCUT2D eigenvalue weighted by Gasteiger charge is 2.30. The lowest BCUT2D eigenvalue weighted by atomic mass is 9.94. The molecule has 1 aliphatic carbocycles. The second-order valence-corrected chi connectivity index (χ2v) is 8.37. The van der Waals surface area contributed by atoms with E-state index < -0.39 is 9.84 Å². The van der Waals surface area contributed by atoms with Gasteiger partial charge in [-0.15, -0.1) is 0 Å². The molecule has 1 atom stereocenters. The summed E-state index contributed by atoms with van der Waals surface area (Å²) >= 11 is 0. The third-order valence-electron chi connectivity index (χ3n) is 4.52. The van der Waals surface area contributed by atoms with Crippen LogP contribution >= 0.6 is 0 Å². The van der Waals surface area contributed by atoms with Crippen molar-refractivity contribution in [3.8, 4) is 0 Å². The van der Waals surface area contributed by atoms with Gasteiger partial charge in [0.2, 0.25) is 0 Å². The average Bonchev–Trinajstić information content (AvgIpc) is 2.45. The summed E-state index contributed by atoms with van der Waals surface area (Å²) in [6, 6.07) is 2.15. The molecule has 21 heavy (non-hydrogen) atoms. The Kier molecular flexibility index (Phi) is 3.92. The van der Waals surface area contributed by atoms with Gasteiger partial charge in [-0.25, -0.2) is 13.4 Å². The minimum Gasteiger partial charge on any atom is -0.352 e. The number of anilines is 1. The molecule has 2 N–H and O–H groups in total. The first kappa shape index (κ1) is 14.8. The number of aromatic nitrogens is 1. The molecule has 0 radical (unpaired) electrons. The molecule has 6 heteroatoms. The summed E-state index contributed by atoms with van der Waals surface area (Å²) < 4.78 is 23.5. The molecule has 0 bridgehead atoms. The molecule has 116 valence electrons. The van der Waals surface area contributed by atoms with Crippen LogP contribution in [0.15, 0.2) is 6.07 Å². The van der Waals surface area contributed by atoms with Gasteiger partial charge in [-0.05, 0) is 44.2 Å². The second kappa shape index (κ2) is 5.57. The van der Waals surface area contributed by atoms with E-state index in [0.717, 1.165) is 24.2 Å². The monoisotopic (exact) mass is 309 g/mol. The molecule has 5 nitrogen and oxygen atoms in total. The van der Waals surface area contributed by atoms with Crippen molar-refractivity contribution in [1.29, 1.82) is 0 Å². The normalized spacial score (nSPS) is 24.7. The van der Waals surface area contributed by atoms with E-state index in [1.54, 1.807) is 0 Å². The van der Waals surface area contributed by atoms with Crippen molar-refractivity contribution < 1.29 is 8.42 Å². The van der Waals surface area contributed by atoms with E-state index in [1.165, 1.54) is 24.1 Å². The van der Waals surface area contributed by atoms with E-state index >= 15 is 0 Å². The van der Waals surface area contributed by atoms with Gasteiger partial charge in [-0.2, -0.15) is 0 Å². The Morgan fingerprint density at radius 2 is 2.14 bits per heavy atom. The standard InChI is InChI=1S/C15H23N3O2S/c1-11-10-21(19,20)7-6-18(11)15-13(9-16)8-12-4-2-3-5-14(12)17-15/h8,11H,2-7,9-10,16H2,1H3. The van der Waals surface area contributed by atoms with Crippen molar-refractivity contribution in [1.82, 2.24) is 4.98 Å². The number of hydrogen-bond acceptors (Lipinski definition) is 5. The van der Waals surface area contributed by atoms with E-state index in [1.807, 2.05) is 6.92 Å². The molecule has 0 saturated carbocycles. The zero-order valence-electron chi connectivity index (χ0n) is 12.5. The summed E-state index contributed by atoms with van der Waals surface area (Å²) in [4.78, 5) is 6.98. The van der Waals surface area contributed by atoms with Crippen LogP contribution in [-0.4, -0.2) is 37.5 Å². The molecule has 1 aromatic heterocycles. The first-order valence-electron chi connectivity index (χ1n) is 7.69. The van der Waals surface area contributed by atoms with E-state index in [9.17, 15) is 8.42 Å². The third kappa shape index (κ3) is 2.92. The fraction of sp³-hybridized carbons (Fsp3) is 0.667. The van der Waals surface area contributed by atoms with Gasteiger partial charge in [0.05, 0.1) is 11.5 Å². The van der Waals surface area contributed by atoms with Gasteiger partial charge >= 0.3 is 0 Å². The Hall–Kier alpha value is -1.14. The van der Waals surface area contributed by atoms with E-state index in [4.69, 9.17) is 10.7 Å². The highest BCUT2D eigenvalue weighted by Crippen LogP contribution is 2.29. The van der Waals surface area contributed by atoms with Crippen molar-refractivity contribution in [2.24, 2.45) is 5.73 Å². The highest BCUT2D eigenvalue weighted by atomic mass is 32.2. The molecule has 2 heterocycles. The van der Waals surface area contributed by atoms with Crippen LogP contribution in [0.5, 0.6) is 0 Å². The summed E-state index contributed by atoms with van der Waals surface area (Å²) in [5, 5.41) is 0. The minimum absolute atomic E-state index is 0.0387. The van der Waals surface area contributed by atoms with Crippen LogP contribution in [0.2, 0.25) is 0 Å². The van der Waals surface area contributed by atoms with Crippen molar-refractivity contribution in [3.63, 3.8) is 0 Å². The van der Waals surface area contributed by atoms with E-state index in [-0.39, 0.29) is 17.5 Å². The number of aryl methyl sites for hydroxylation is 2. The first-order valence-corrected chi connectivity index (χ1v) is 9.51. The van der Waals surface area contributed by atoms with Gasteiger partial charge < -0.3 is 10.6 Å². The average molecular weight is 309 g/mol. The molecule has 1 fully saturated rings. The number of hydrogen-bond donors (Lipinski definition) is 1.